The van der Waals surface area contributed by atoms with Crippen molar-refractivity contribution in [1.82, 2.24) is 5.32 Å². The van der Waals surface area contributed by atoms with Gasteiger partial charge in [0, 0.05) is 19.2 Å². The van der Waals surface area contributed by atoms with Crippen LogP contribution >= 0.6 is 0 Å². The third kappa shape index (κ3) is 5.88. The summed E-state index contributed by atoms with van der Waals surface area (Å²) in [5, 5.41) is 2.87. The zero-order chi connectivity index (χ0) is 22.5. The van der Waals surface area contributed by atoms with Gasteiger partial charge in [0.1, 0.15) is 12.4 Å². The quantitative estimate of drug-likeness (QED) is 0.495. The minimum absolute atomic E-state index is 0.0901. The van der Waals surface area contributed by atoms with E-state index in [2.05, 4.69) is 5.32 Å². The Kier molecular flexibility index (Phi) is 7.41. The van der Waals surface area contributed by atoms with Crippen molar-refractivity contribution in [2.75, 3.05) is 20.3 Å². The number of methoxy groups -OCH3 is 1. The number of carbonyl (C=O) groups is 1. The van der Waals surface area contributed by atoms with E-state index in [4.69, 9.17) is 18.8 Å². The topological polar surface area (TPSA) is 66.0 Å². The Morgan fingerprint density at radius 2 is 1.71 bits per heavy atom. The van der Waals surface area contributed by atoms with Gasteiger partial charge in [0.15, 0.2) is 0 Å². The van der Waals surface area contributed by atoms with E-state index < -0.39 is 18.3 Å². The van der Waals surface area contributed by atoms with Gasteiger partial charge in [-0.1, -0.05) is 42.5 Å². The normalized spacial score (nSPS) is 16.9. The molecule has 0 bridgehead atoms. The summed E-state index contributed by atoms with van der Waals surface area (Å²) in [5.41, 5.74) is 1.85. The first-order valence-corrected chi connectivity index (χ1v) is 10.6. The van der Waals surface area contributed by atoms with Crippen molar-refractivity contribution in [3.63, 3.8) is 0 Å². The summed E-state index contributed by atoms with van der Waals surface area (Å²) < 4.78 is 23.4. The molecule has 31 heavy (non-hydrogen) atoms. The maximum Gasteiger partial charge on any atom is 0.494 e. The van der Waals surface area contributed by atoms with Crippen molar-refractivity contribution < 1.29 is 23.6 Å². The lowest BCUT2D eigenvalue weighted by Gasteiger charge is -2.32. The second kappa shape index (κ2) is 9.85. The Balaban J connectivity index is 1.80. The minimum Gasteiger partial charge on any atom is -0.489 e. The van der Waals surface area contributed by atoms with Gasteiger partial charge in [0.25, 0.3) is 0 Å². The fraction of sp³-hybridized carbons (Fsp3) is 0.458. The molecular weight excluding hydrogens is 393 g/mol. The molecule has 1 N–H and O–H groups in total. The Morgan fingerprint density at radius 3 is 2.35 bits per heavy atom. The van der Waals surface area contributed by atoms with E-state index in [9.17, 15) is 4.79 Å². The van der Waals surface area contributed by atoms with E-state index >= 15 is 0 Å². The van der Waals surface area contributed by atoms with E-state index in [0.29, 0.717) is 25.5 Å². The lowest BCUT2D eigenvalue weighted by molar-refractivity contribution is -0.120. The van der Waals surface area contributed by atoms with Crippen LogP contribution in [0, 0.1) is 0 Å². The van der Waals surface area contributed by atoms with Gasteiger partial charge in [0.05, 0.1) is 24.2 Å². The highest BCUT2D eigenvalue weighted by atomic mass is 16.7. The number of ether oxygens (including phenoxy) is 2. The smallest absolute Gasteiger partial charge is 0.489 e. The summed E-state index contributed by atoms with van der Waals surface area (Å²) in [6.07, 6.45) is 0.196. The van der Waals surface area contributed by atoms with E-state index in [1.807, 2.05) is 76.2 Å². The minimum atomic E-state index is -0.497. The van der Waals surface area contributed by atoms with Crippen molar-refractivity contribution in [1.29, 1.82) is 0 Å². The van der Waals surface area contributed by atoms with Gasteiger partial charge in [-0.3, -0.25) is 4.79 Å². The molecule has 0 atom stereocenters. The number of carbonyl (C=O) groups excluding carboxylic acids is 1. The van der Waals surface area contributed by atoms with Crippen molar-refractivity contribution in [3.05, 3.63) is 59.7 Å². The summed E-state index contributed by atoms with van der Waals surface area (Å²) in [5.74, 6) is 0.582. The highest BCUT2D eigenvalue weighted by Crippen LogP contribution is 2.36. The summed E-state index contributed by atoms with van der Waals surface area (Å²) in [6.45, 7) is 9.45. The maximum atomic E-state index is 12.5. The summed E-state index contributed by atoms with van der Waals surface area (Å²) in [6, 6.07) is 15.7. The molecule has 1 saturated heterocycles. The predicted octanol–water partition coefficient (Wildman–Crippen LogP) is 2.87. The average molecular weight is 425 g/mol. The van der Waals surface area contributed by atoms with E-state index in [1.54, 1.807) is 7.11 Å². The predicted molar refractivity (Wildman–Crippen MR) is 122 cm³/mol. The summed E-state index contributed by atoms with van der Waals surface area (Å²) in [4.78, 5) is 12.5. The van der Waals surface area contributed by atoms with Crippen molar-refractivity contribution in [2.45, 2.75) is 51.9 Å². The highest BCUT2D eigenvalue weighted by molar-refractivity contribution is 6.62. The average Bonchev–Trinajstić information content (AvgIpc) is 2.95. The van der Waals surface area contributed by atoms with Crippen LogP contribution in [-0.2, 0) is 31.9 Å². The van der Waals surface area contributed by atoms with Crippen LogP contribution in [0.15, 0.2) is 48.5 Å². The molecule has 2 aromatic carbocycles. The Morgan fingerprint density at radius 1 is 1.03 bits per heavy atom. The van der Waals surface area contributed by atoms with Crippen LogP contribution in [0.3, 0.4) is 0 Å². The Labute approximate surface area is 185 Å². The van der Waals surface area contributed by atoms with Crippen LogP contribution < -0.4 is 15.5 Å². The summed E-state index contributed by atoms with van der Waals surface area (Å²) in [7, 11) is 1.11. The summed E-state index contributed by atoms with van der Waals surface area (Å²) >= 11 is 0. The molecular formula is C24H32BNO5. The van der Waals surface area contributed by atoms with Crippen LogP contribution in [0.2, 0.25) is 0 Å². The largest absolute Gasteiger partial charge is 0.494 e. The number of benzene rings is 2. The molecule has 0 saturated carbocycles. The SMILES string of the molecule is COCCNC(=O)Cc1cc(B2OC(C)(C)C(C)(C)O2)ccc1OCc1ccccc1. The molecule has 1 heterocycles. The monoisotopic (exact) mass is 425 g/mol. The molecule has 3 rings (SSSR count). The molecule has 1 amide bonds. The zero-order valence-electron chi connectivity index (χ0n) is 19.1. The van der Waals surface area contributed by atoms with Crippen molar-refractivity contribution in [2.24, 2.45) is 0 Å². The van der Waals surface area contributed by atoms with Gasteiger partial charge in [0.2, 0.25) is 5.91 Å². The van der Waals surface area contributed by atoms with Crippen LogP contribution in [0.5, 0.6) is 5.75 Å². The van der Waals surface area contributed by atoms with Crippen LogP contribution in [0.4, 0.5) is 0 Å². The molecule has 0 spiro atoms. The maximum absolute atomic E-state index is 12.5. The van der Waals surface area contributed by atoms with Gasteiger partial charge in [-0.25, -0.2) is 0 Å². The van der Waals surface area contributed by atoms with E-state index in [0.717, 1.165) is 16.6 Å². The van der Waals surface area contributed by atoms with Gasteiger partial charge in [-0.2, -0.15) is 0 Å². The molecule has 166 valence electrons. The molecule has 0 unspecified atom stereocenters. The highest BCUT2D eigenvalue weighted by Gasteiger charge is 2.51. The van der Waals surface area contributed by atoms with E-state index in [-0.39, 0.29) is 12.3 Å². The van der Waals surface area contributed by atoms with Crippen LogP contribution in [0.1, 0.15) is 38.8 Å². The number of rotatable bonds is 9. The van der Waals surface area contributed by atoms with Crippen molar-refractivity contribution in [3.8, 4) is 5.75 Å². The first-order valence-electron chi connectivity index (χ1n) is 10.6. The number of nitrogens with one attached hydrogen (secondary N) is 1. The molecule has 0 radical (unpaired) electrons. The zero-order valence-corrected chi connectivity index (χ0v) is 19.1. The molecule has 1 aliphatic heterocycles. The molecule has 7 heteroatoms. The molecule has 2 aromatic rings. The van der Waals surface area contributed by atoms with Gasteiger partial charge >= 0.3 is 7.12 Å². The number of hydrogen-bond acceptors (Lipinski definition) is 5. The van der Waals surface area contributed by atoms with Crippen LogP contribution in [0.25, 0.3) is 0 Å². The lowest BCUT2D eigenvalue weighted by Crippen LogP contribution is -2.41. The first-order chi connectivity index (χ1) is 14.7. The van der Waals surface area contributed by atoms with Gasteiger partial charge < -0.3 is 24.1 Å². The Hall–Kier alpha value is -2.35. The lowest BCUT2D eigenvalue weighted by atomic mass is 9.78. The molecule has 1 aliphatic rings. The standard InChI is InChI=1S/C24H32BNO5/c1-23(2)24(3,4)31-25(30-23)20-11-12-21(29-17-18-9-7-6-8-10-18)19(15-20)16-22(27)26-13-14-28-5/h6-12,15H,13-14,16-17H2,1-5H3,(H,26,27). The van der Waals surface area contributed by atoms with Crippen LogP contribution in [-0.4, -0.2) is 44.5 Å². The number of amides is 1. The Bertz CT molecular complexity index is 869. The van der Waals surface area contributed by atoms with Gasteiger partial charge in [-0.05, 0) is 44.8 Å². The third-order valence-corrected chi connectivity index (χ3v) is 5.83. The second-order valence-corrected chi connectivity index (χ2v) is 8.75. The molecule has 6 nitrogen and oxygen atoms in total. The van der Waals surface area contributed by atoms with Gasteiger partial charge in [-0.15, -0.1) is 0 Å². The third-order valence-electron chi connectivity index (χ3n) is 5.83. The fourth-order valence-electron chi connectivity index (χ4n) is 3.27. The second-order valence-electron chi connectivity index (χ2n) is 8.75. The van der Waals surface area contributed by atoms with E-state index in [1.165, 1.54) is 0 Å². The molecule has 1 fully saturated rings. The van der Waals surface area contributed by atoms with Crippen molar-refractivity contribution >= 4 is 18.5 Å². The number of hydrogen-bond donors (Lipinski definition) is 1. The molecule has 0 aliphatic carbocycles. The molecule has 0 aromatic heterocycles. The fourth-order valence-corrected chi connectivity index (χ4v) is 3.27. The first kappa shape index (κ1) is 23.3.